The molecule has 2 heterocycles. The summed E-state index contributed by atoms with van der Waals surface area (Å²) in [5.41, 5.74) is 7.47. The lowest BCUT2D eigenvalue weighted by Gasteiger charge is -2.22. The van der Waals surface area contributed by atoms with Gasteiger partial charge in [0.05, 0.1) is 7.11 Å². The Kier molecular flexibility index (Phi) is 5.21. The Morgan fingerprint density at radius 1 is 1.30 bits per heavy atom. The molecule has 1 fully saturated rings. The average molecular weight is 372 g/mol. The molecule has 0 aliphatic carbocycles. The molecule has 2 aromatic rings. The highest BCUT2D eigenvalue weighted by molar-refractivity contribution is 5.88. The normalized spacial score (nSPS) is 16.7. The molecule has 0 spiro atoms. The Bertz CT molecular complexity index is 963. The summed E-state index contributed by atoms with van der Waals surface area (Å²) in [7, 11) is 1.57. The fourth-order valence-electron chi connectivity index (χ4n) is 3.82. The lowest BCUT2D eigenvalue weighted by atomic mass is 10.00. The second-order valence-corrected chi connectivity index (χ2v) is 6.91. The van der Waals surface area contributed by atoms with Crippen LogP contribution in [0.15, 0.2) is 21.3 Å². The van der Waals surface area contributed by atoms with Gasteiger partial charge in [-0.1, -0.05) is 0 Å². The van der Waals surface area contributed by atoms with Gasteiger partial charge in [-0.3, -0.25) is 9.59 Å². The molecule has 1 aromatic heterocycles. The van der Waals surface area contributed by atoms with E-state index in [1.165, 1.54) is 4.90 Å². The van der Waals surface area contributed by atoms with E-state index >= 15 is 0 Å². The van der Waals surface area contributed by atoms with E-state index < -0.39 is 17.6 Å². The van der Waals surface area contributed by atoms with Crippen molar-refractivity contribution in [2.45, 2.75) is 45.6 Å². The Hall–Kier alpha value is -2.83. The number of hydrogen-bond donors (Lipinski definition) is 1. The molecule has 0 radical (unpaired) electrons. The van der Waals surface area contributed by atoms with E-state index in [0.717, 1.165) is 22.9 Å². The molecule has 7 heteroatoms. The second kappa shape index (κ2) is 7.42. The van der Waals surface area contributed by atoms with Gasteiger partial charge in [0.15, 0.2) is 0 Å². The van der Waals surface area contributed by atoms with Crippen LogP contribution in [0.25, 0.3) is 11.0 Å². The van der Waals surface area contributed by atoms with Crippen molar-refractivity contribution in [1.29, 1.82) is 0 Å². The highest BCUT2D eigenvalue weighted by Crippen LogP contribution is 2.29. The van der Waals surface area contributed by atoms with E-state index in [9.17, 15) is 14.4 Å². The van der Waals surface area contributed by atoms with Gasteiger partial charge in [0, 0.05) is 29.5 Å². The first-order valence-corrected chi connectivity index (χ1v) is 9.03. The van der Waals surface area contributed by atoms with Crippen molar-refractivity contribution in [3.05, 3.63) is 39.2 Å². The van der Waals surface area contributed by atoms with Crippen LogP contribution >= 0.6 is 0 Å². The van der Waals surface area contributed by atoms with Crippen LogP contribution in [0, 0.1) is 13.8 Å². The number of nitrogens with zero attached hydrogens (tertiary/aromatic N) is 1. The van der Waals surface area contributed by atoms with Gasteiger partial charge < -0.3 is 19.8 Å². The molecular formula is C20H24N2O5. The van der Waals surface area contributed by atoms with Gasteiger partial charge in [-0.25, -0.2) is 4.79 Å². The van der Waals surface area contributed by atoms with Crippen LogP contribution < -0.4 is 16.1 Å². The average Bonchev–Trinajstić information content (AvgIpc) is 3.12. The van der Waals surface area contributed by atoms with Crippen molar-refractivity contribution in [3.8, 4) is 5.75 Å². The zero-order valence-electron chi connectivity index (χ0n) is 15.8. The summed E-state index contributed by atoms with van der Waals surface area (Å²) in [6.07, 6.45) is 1.75. The number of methoxy groups -OCH3 is 1. The van der Waals surface area contributed by atoms with Gasteiger partial charge in [-0.15, -0.1) is 0 Å². The lowest BCUT2D eigenvalue weighted by Crippen LogP contribution is -2.43. The number of nitrogens with two attached hydrogens (primary N) is 1. The second-order valence-electron chi connectivity index (χ2n) is 6.91. The van der Waals surface area contributed by atoms with E-state index in [1.54, 1.807) is 7.11 Å². The Labute approximate surface area is 157 Å². The monoisotopic (exact) mass is 372 g/mol. The van der Waals surface area contributed by atoms with E-state index in [1.807, 2.05) is 26.0 Å². The minimum Gasteiger partial charge on any atom is -0.496 e. The lowest BCUT2D eigenvalue weighted by molar-refractivity contribution is -0.137. The zero-order valence-corrected chi connectivity index (χ0v) is 15.8. The van der Waals surface area contributed by atoms with Gasteiger partial charge in [-0.2, -0.15) is 0 Å². The molecule has 1 saturated heterocycles. The van der Waals surface area contributed by atoms with Crippen LogP contribution in [-0.4, -0.2) is 36.4 Å². The van der Waals surface area contributed by atoms with E-state index in [2.05, 4.69) is 0 Å². The van der Waals surface area contributed by atoms with Crippen LogP contribution in [-0.2, 0) is 16.0 Å². The summed E-state index contributed by atoms with van der Waals surface area (Å²) in [4.78, 5) is 38.0. The maximum Gasteiger partial charge on any atom is 0.339 e. The first-order valence-electron chi connectivity index (χ1n) is 9.03. The Morgan fingerprint density at radius 2 is 2.04 bits per heavy atom. The minimum absolute atomic E-state index is 0.135. The molecule has 0 bridgehead atoms. The van der Waals surface area contributed by atoms with Crippen LogP contribution in [0.4, 0.5) is 0 Å². The number of rotatable bonds is 5. The number of primary amides is 1. The molecule has 2 amide bonds. The third-order valence-electron chi connectivity index (χ3n) is 5.36. The van der Waals surface area contributed by atoms with Gasteiger partial charge in [0.2, 0.25) is 11.8 Å². The molecule has 1 aliphatic heterocycles. The predicted octanol–water partition coefficient (Wildman–Crippen LogP) is 1.83. The fourth-order valence-corrected chi connectivity index (χ4v) is 3.82. The fraction of sp³-hybridized carbons (Fsp3) is 0.450. The molecule has 1 aliphatic rings. The number of amides is 2. The predicted molar refractivity (Wildman–Crippen MR) is 101 cm³/mol. The standard InChI is InChI=1S/C20H24N2O5/c1-11-13-6-8-16(26-3)12(2)18(13)27-20(25)14(11)7-9-17(23)22-10-4-5-15(22)19(21)24/h6,8,15H,4-5,7,9-10H2,1-3H3,(H2,21,24)/t15-/m1/s1. The maximum absolute atomic E-state index is 12.5. The number of ether oxygens (including phenoxy) is 1. The van der Waals surface area contributed by atoms with E-state index in [0.29, 0.717) is 29.9 Å². The smallest absolute Gasteiger partial charge is 0.339 e. The summed E-state index contributed by atoms with van der Waals surface area (Å²) in [6.45, 7) is 4.22. The molecule has 0 saturated carbocycles. The highest BCUT2D eigenvalue weighted by Gasteiger charge is 2.32. The Morgan fingerprint density at radius 3 is 2.70 bits per heavy atom. The zero-order chi connectivity index (χ0) is 19.7. The quantitative estimate of drug-likeness (QED) is 0.807. The number of carbonyl (C=O) groups is 2. The molecule has 1 atom stereocenters. The minimum atomic E-state index is -0.540. The van der Waals surface area contributed by atoms with Gasteiger partial charge >= 0.3 is 5.63 Å². The highest BCUT2D eigenvalue weighted by atomic mass is 16.5. The number of carbonyl (C=O) groups excluding carboxylic acids is 2. The van der Waals surface area contributed by atoms with Gasteiger partial charge in [0.25, 0.3) is 0 Å². The maximum atomic E-state index is 12.5. The molecule has 7 nitrogen and oxygen atoms in total. The third kappa shape index (κ3) is 3.41. The summed E-state index contributed by atoms with van der Waals surface area (Å²) >= 11 is 0. The van der Waals surface area contributed by atoms with Crippen molar-refractivity contribution in [1.82, 2.24) is 4.90 Å². The first kappa shape index (κ1) is 18.9. The topological polar surface area (TPSA) is 103 Å². The van der Waals surface area contributed by atoms with Gasteiger partial charge in [-0.05, 0) is 50.8 Å². The summed E-state index contributed by atoms with van der Waals surface area (Å²) < 4.78 is 10.8. The molecule has 3 rings (SSSR count). The number of benzene rings is 1. The number of aryl methyl sites for hydroxylation is 2. The SMILES string of the molecule is COc1ccc2c(C)c(CCC(=O)N3CCC[C@@H]3C(N)=O)c(=O)oc2c1C. The van der Waals surface area contributed by atoms with E-state index in [-0.39, 0.29) is 18.7 Å². The summed E-state index contributed by atoms with van der Waals surface area (Å²) in [5.74, 6) is 0.00675. The number of likely N-dealkylation sites (tertiary alicyclic amines) is 1. The number of fused-ring (bicyclic) bond motifs is 1. The molecule has 2 N–H and O–H groups in total. The third-order valence-corrected chi connectivity index (χ3v) is 5.36. The summed E-state index contributed by atoms with van der Waals surface area (Å²) in [5, 5.41) is 0.825. The van der Waals surface area contributed by atoms with Crippen LogP contribution in [0.2, 0.25) is 0 Å². The van der Waals surface area contributed by atoms with Crippen LogP contribution in [0.1, 0.15) is 36.0 Å². The van der Waals surface area contributed by atoms with E-state index in [4.69, 9.17) is 14.9 Å². The van der Waals surface area contributed by atoms with Crippen LogP contribution in [0.5, 0.6) is 5.75 Å². The number of hydrogen-bond acceptors (Lipinski definition) is 5. The van der Waals surface area contributed by atoms with Crippen molar-refractivity contribution >= 4 is 22.8 Å². The molecule has 144 valence electrons. The first-order chi connectivity index (χ1) is 12.8. The van der Waals surface area contributed by atoms with Gasteiger partial charge in [0.1, 0.15) is 17.4 Å². The van der Waals surface area contributed by atoms with Crippen molar-refractivity contribution < 1.29 is 18.7 Å². The van der Waals surface area contributed by atoms with Crippen molar-refractivity contribution in [2.24, 2.45) is 5.73 Å². The Balaban J connectivity index is 1.86. The largest absolute Gasteiger partial charge is 0.496 e. The van der Waals surface area contributed by atoms with Crippen molar-refractivity contribution in [2.75, 3.05) is 13.7 Å². The summed E-state index contributed by atoms with van der Waals surface area (Å²) in [6, 6.07) is 3.15. The van der Waals surface area contributed by atoms with Crippen molar-refractivity contribution in [3.63, 3.8) is 0 Å². The molecule has 27 heavy (non-hydrogen) atoms. The molecule has 1 aromatic carbocycles. The molecule has 0 unspecified atom stereocenters. The van der Waals surface area contributed by atoms with Crippen LogP contribution in [0.3, 0.4) is 0 Å². The molecular weight excluding hydrogens is 348 g/mol.